The van der Waals surface area contributed by atoms with E-state index in [9.17, 15) is 57.8 Å². The number of aliphatic carboxylic acids is 1. The maximum atomic E-state index is 13.4. The molecule has 35 heteroatoms. The van der Waals surface area contributed by atoms with Gasteiger partial charge in [0.2, 0.25) is 59.1 Å². The molecule has 10 amide bonds. The molecule has 0 spiro atoms. The van der Waals surface area contributed by atoms with E-state index in [0.717, 1.165) is 0 Å². The van der Waals surface area contributed by atoms with E-state index < -0.39 is 121 Å². The number of nitrogens with one attached hydrogen (secondary N) is 9. The van der Waals surface area contributed by atoms with E-state index in [0.29, 0.717) is 0 Å². The number of hydrogen-bond acceptors (Lipinski definition) is 16. The third-order valence-electron chi connectivity index (χ3n) is 9.58. The van der Waals surface area contributed by atoms with Crippen LogP contribution in [0.15, 0.2) is 20.0 Å². The number of carboxylic acid groups (broad SMARTS) is 1. The Kier molecular flexibility index (Phi) is 32.7. The molecule has 0 saturated heterocycles. The largest absolute Gasteiger partial charge is 0.480 e. The van der Waals surface area contributed by atoms with Gasteiger partial charge in [-0.15, -0.1) is 0 Å². The summed E-state index contributed by atoms with van der Waals surface area (Å²) in [6.07, 6.45) is -0.447. The van der Waals surface area contributed by atoms with Crippen molar-refractivity contribution in [1.82, 2.24) is 47.9 Å². The molecule has 0 saturated carbocycles. The second-order valence-corrected chi connectivity index (χ2v) is 15.8. The number of guanidine groups is 4. The molecule has 74 heavy (non-hydrogen) atoms. The fourth-order valence-electron chi connectivity index (χ4n) is 6.01. The van der Waals surface area contributed by atoms with Crippen LogP contribution in [0.5, 0.6) is 0 Å². The predicted molar refractivity (Wildman–Crippen MR) is 266 cm³/mol. The highest BCUT2D eigenvalue weighted by Gasteiger charge is 2.29. The Hall–Kier alpha value is -8.79. The van der Waals surface area contributed by atoms with Gasteiger partial charge in [-0.2, -0.15) is 0 Å². The summed E-state index contributed by atoms with van der Waals surface area (Å²) in [5.74, 6) is -10.9. The molecule has 0 aliphatic heterocycles. The van der Waals surface area contributed by atoms with Crippen LogP contribution in [-0.4, -0.2) is 183 Å². The van der Waals surface area contributed by atoms with Gasteiger partial charge in [-0.3, -0.25) is 67.9 Å². The average molecular weight is 1060 g/mol. The molecule has 35 nitrogen and oxygen atoms in total. The zero-order valence-electron chi connectivity index (χ0n) is 40.8. The summed E-state index contributed by atoms with van der Waals surface area (Å²) < 4.78 is 0. The fourth-order valence-corrected chi connectivity index (χ4v) is 6.01. The number of hydrogen-bond donors (Lipinski definition) is 20. The molecule has 416 valence electrons. The first-order chi connectivity index (χ1) is 34.8. The van der Waals surface area contributed by atoms with Crippen molar-refractivity contribution in [2.24, 2.45) is 77.3 Å². The van der Waals surface area contributed by atoms with Crippen molar-refractivity contribution in [2.45, 2.75) is 94.4 Å². The summed E-state index contributed by atoms with van der Waals surface area (Å²) in [7, 11) is 0. The van der Waals surface area contributed by atoms with Gasteiger partial charge >= 0.3 is 5.97 Å². The van der Waals surface area contributed by atoms with Crippen molar-refractivity contribution in [1.29, 1.82) is 0 Å². The van der Waals surface area contributed by atoms with Crippen LogP contribution in [0.3, 0.4) is 0 Å². The summed E-state index contributed by atoms with van der Waals surface area (Å²) in [4.78, 5) is 155. The Morgan fingerprint density at radius 2 is 0.649 bits per heavy atom. The minimum atomic E-state index is -1.55. The number of carbonyl (C=O) groups is 11. The topological polar surface area (TPSA) is 626 Å². The van der Waals surface area contributed by atoms with Crippen LogP contribution in [0, 0.1) is 0 Å². The Bertz CT molecular complexity index is 2040. The minimum absolute atomic E-state index is 0.00243. The van der Waals surface area contributed by atoms with Crippen molar-refractivity contribution in [3.63, 3.8) is 0 Å². The van der Waals surface area contributed by atoms with Crippen LogP contribution < -0.4 is 105 Å². The highest BCUT2D eigenvalue weighted by molar-refractivity contribution is 5.96. The van der Waals surface area contributed by atoms with Gasteiger partial charge in [0, 0.05) is 32.6 Å². The lowest BCUT2D eigenvalue weighted by Gasteiger charge is -2.22. The van der Waals surface area contributed by atoms with Crippen LogP contribution in [0.25, 0.3) is 0 Å². The van der Waals surface area contributed by atoms with Gasteiger partial charge in [-0.1, -0.05) is 0 Å². The highest BCUT2D eigenvalue weighted by atomic mass is 16.4. The summed E-state index contributed by atoms with van der Waals surface area (Å²) in [6.45, 7) is -2.96. The lowest BCUT2D eigenvalue weighted by molar-refractivity contribution is -0.142. The quantitative estimate of drug-likeness (QED) is 0.0155. The summed E-state index contributed by atoms with van der Waals surface area (Å²) in [5, 5.41) is 30.8. The molecule has 0 radical (unpaired) electrons. The molecule has 0 heterocycles. The standard InChI is InChI=1S/C39H73N23O12/c40-15-26(64)54-16-27(65)58-20(5-1-11-50-36(42)43)31(69)55-17-28(66)59-21(6-2-12-51-37(44)45)32(70)56-18-29(67)60-22(7-3-13-52-38(46)47)33(71)57-19-30(68)61-23(8-4-14-53-39(48)49)34(72)62-24(35(73)74)9-10-25(41)63/h20-24H,1-19,40H2,(H2,41,63)(H,54,64)(H,55,69)(H,56,70)(H,57,71)(H,58,65)(H,59,66)(H,60,67)(H,61,68)(H,62,72)(H,73,74)(H4,42,43,50)(H4,44,45,51)(H4,46,47,52)(H4,48,49,53)/t20-,21-,22-,23-,24-/m0/s1. The van der Waals surface area contributed by atoms with Gasteiger partial charge in [0.1, 0.15) is 30.2 Å². The second kappa shape index (κ2) is 37.1. The van der Waals surface area contributed by atoms with E-state index in [1.54, 1.807) is 0 Å². The second-order valence-electron chi connectivity index (χ2n) is 15.8. The van der Waals surface area contributed by atoms with Gasteiger partial charge in [-0.25, -0.2) is 4.79 Å². The highest BCUT2D eigenvalue weighted by Crippen LogP contribution is 2.05. The van der Waals surface area contributed by atoms with E-state index >= 15 is 0 Å². The van der Waals surface area contributed by atoms with Crippen LogP contribution in [-0.2, 0) is 52.7 Å². The normalized spacial score (nSPS) is 12.4. The maximum Gasteiger partial charge on any atom is 0.326 e. The number of rotatable bonds is 38. The number of amides is 10. The van der Waals surface area contributed by atoms with Crippen molar-refractivity contribution < 1.29 is 57.8 Å². The first-order valence-corrected chi connectivity index (χ1v) is 22.8. The van der Waals surface area contributed by atoms with E-state index in [1.807, 2.05) is 0 Å². The monoisotopic (exact) mass is 1060 g/mol. The third kappa shape index (κ3) is 32.9. The molecule has 0 aromatic rings. The van der Waals surface area contributed by atoms with Crippen LogP contribution in [0.4, 0.5) is 0 Å². The smallest absolute Gasteiger partial charge is 0.326 e. The Labute approximate surface area is 424 Å². The molecule has 0 bridgehead atoms. The number of carboxylic acids is 1. The van der Waals surface area contributed by atoms with Crippen molar-refractivity contribution in [2.75, 3.05) is 58.9 Å². The molecule has 5 atom stereocenters. The van der Waals surface area contributed by atoms with Crippen LogP contribution in [0.1, 0.15) is 64.2 Å². The van der Waals surface area contributed by atoms with Crippen molar-refractivity contribution in [3.8, 4) is 0 Å². The number of nitrogens with zero attached hydrogens (tertiary/aromatic N) is 4. The lowest BCUT2D eigenvalue weighted by Crippen LogP contribution is -2.55. The van der Waals surface area contributed by atoms with Crippen LogP contribution in [0.2, 0.25) is 0 Å². The van der Waals surface area contributed by atoms with Gasteiger partial charge in [0.25, 0.3) is 0 Å². The van der Waals surface area contributed by atoms with Crippen LogP contribution >= 0.6 is 0 Å². The number of aliphatic imine (C=N–C) groups is 4. The number of carbonyl (C=O) groups excluding carboxylic acids is 10. The molecule has 0 aliphatic carbocycles. The first kappa shape index (κ1) is 65.2. The lowest BCUT2D eigenvalue weighted by atomic mass is 10.1. The van der Waals surface area contributed by atoms with E-state index in [4.69, 9.17) is 57.3 Å². The van der Waals surface area contributed by atoms with E-state index in [-0.39, 0.29) is 121 Å². The molecule has 0 fully saturated rings. The fraction of sp³-hybridized carbons (Fsp3) is 0.615. The van der Waals surface area contributed by atoms with E-state index in [2.05, 4.69) is 67.8 Å². The molecule has 0 aliphatic rings. The maximum absolute atomic E-state index is 13.4. The van der Waals surface area contributed by atoms with Gasteiger partial charge in [-0.05, 0) is 57.8 Å². The molecule has 30 N–H and O–H groups in total. The van der Waals surface area contributed by atoms with Gasteiger partial charge < -0.3 is 110 Å². The van der Waals surface area contributed by atoms with Gasteiger partial charge in [0.15, 0.2) is 23.8 Å². The zero-order valence-corrected chi connectivity index (χ0v) is 40.8. The predicted octanol–water partition coefficient (Wildman–Crippen LogP) is -11.6. The Morgan fingerprint density at radius 1 is 0.365 bits per heavy atom. The van der Waals surface area contributed by atoms with Crippen molar-refractivity contribution in [3.05, 3.63) is 0 Å². The molecule has 0 aromatic heterocycles. The molecular weight excluding hydrogens is 983 g/mol. The molecule has 0 unspecified atom stereocenters. The molecule has 0 aromatic carbocycles. The van der Waals surface area contributed by atoms with Crippen molar-refractivity contribution >= 4 is 88.9 Å². The minimum Gasteiger partial charge on any atom is -0.480 e. The molecule has 0 rings (SSSR count). The van der Waals surface area contributed by atoms with E-state index in [1.165, 1.54) is 0 Å². The third-order valence-corrected chi connectivity index (χ3v) is 9.58. The summed E-state index contributed by atoms with van der Waals surface area (Å²) in [6, 6.07) is -6.87. The average Bonchev–Trinajstić information content (AvgIpc) is 3.32. The first-order valence-electron chi connectivity index (χ1n) is 22.8. The number of primary amides is 1. The summed E-state index contributed by atoms with van der Waals surface area (Å²) >= 11 is 0. The SMILES string of the molecule is NCC(=O)NCC(=O)N[C@@H](CCCN=C(N)N)C(=O)NCC(=O)N[C@@H](CCCN=C(N)N)C(=O)NCC(=O)N[C@@H](CCCN=C(N)N)C(=O)NCC(=O)N[C@@H](CCCN=C(N)N)C(=O)N[C@@H](CCC(N)=O)C(=O)O. The number of nitrogens with two attached hydrogens (primary N) is 10. The Balaban J connectivity index is 6.02. The summed E-state index contributed by atoms with van der Waals surface area (Å²) in [5.41, 5.74) is 53.3. The Morgan fingerprint density at radius 3 is 0.905 bits per heavy atom. The molecular formula is C39H73N23O12. The van der Waals surface area contributed by atoms with Gasteiger partial charge in [0.05, 0.1) is 32.7 Å². The zero-order chi connectivity index (χ0) is 56.2.